The molecule has 2 aromatic rings. The Hall–Kier alpha value is -2.18. The van der Waals surface area contributed by atoms with Gasteiger partial charge in [0.05, 0.1) is 26.1 Å². The van der Waals surface area contributed by atoms with Crippen LogP contribution < -0.4 is 0 Å². The number of aliphatic hydroxyl groups excluding tert-OH is 1. The van der Waals surface area contributed by atoms with Gasteiger partial charge in [0, 0.05) is 38.3 Å². The second kappa shape index (κ2) is 8.47. The van der Waals surface area contributed by atoms with E-state index in [1.54, 1.807) is 12.5 Å². The molecule has 1 aromatic carbocycles. The molecule has 0 unspecified atom stereocenters. The maximum Gasteiger partial charge on any atom is 0.222 e. The molecule has 0 spiro atoms. The number of benzene rings is 1. The molecule has 6 heteroatoms. The molecule has 1 aliphatic heterocycles. The van der Waals surface area contributed by atoms with Gasteiger partial charge >= 0.3 is 0 Å². The number of ether oxygens (including phenoxy) is 1. The smallest absolute Gasteiger partial charge is 0.222 e. The second-order valence-electron chi connectivity index (χ2n) is 7.07. The van der Waals surface area contributed by atoms with Gasteiger partial charge in [0.1, 0.15) is 5.60 Å². The zero-order valence-electron chi connectivity index (χ0n) is 15.3. The molecule has 1 aromatic heterocycles. The number of carbonyl (C=O) groups is 1. The molecule has 0 radical (unpaired) electrons. The molecule has 26 heavy (non-hydrogen) atoms. The standard InChI is InChI=1S/C20H27N3O3/c1-17-4-6-18(7-5-17)13-20(15-24)14-23(11-12-26-20)19(25)3-2-9-22-10-8-21-16-22/h4-8,10,16,24H,2-3,9,11-15H2,1H3/t20-/m1/s1. The van der Waals surface area contributed by atoms with Crippen LogP contribution in [0, 0.1) is 6.92 Å². The van der Waals surface area contributed by atoms with E-state index in [0.717, 1.165) is 18.5 Å². The van der Waals surface area contributed by atoms with Crippen molar-refractivity contribution in [1.29, 1.82) is 0 Å². The van der Waals surface area contributed by atoms with Crippen LogP contribution in [0.3, 0.4) is 0 Å². The van der Waals surface area contributed by atoms with Crippen molar-refractivity contribution < 1.29 is 14.6 Å². The fraction of sp³-hybridized carbons (Fsp3) is 0.500. The van der Waals surface area contributed by atoms with Crippen LogP contribution >= 0.6 is 0 Å². The van der Waals surface area contributed by atoms with Crippen molar-refractivity contribution in [1.82, 2.24) is 14.5 Å². The Morgan fingerprint density at radius 1 is 1.35 bits per heavy atom. The van der Waals surface area contributed by atoms with Gasteiger partial charge in [-0.2, -0.15) is 0 Å². The molecular weight excluding hydrogens is 330 g/mol. The summed E-state index contributed by atoms with van der Waals surface area (Å²) in [5.41, 5.74) is 1.60. The van der Waals surface area contributed by atoms with E-state index in [1.165, 1.54) is 5.56 Å². The summed E-state index contributed by atoms with van der Waals surface area (Å²) < 4.78 is 7.91. The second-order valence-corrected chi connectivity index (χ2v) is 7.07. The zero-order valence-corrected chi connectivity index (χ0v) is 15.3. The molecule has 2 heterocycles. The third-order valence-electron chi connectivity index (χ3n) is 4.90. The summed E-state index contributed by atoms with van der Waals surface area (Å²) in [6.45, 7) is 4.21. The predicted molar refractivity (Wildman–Crippen MR) is 98.7 cm³/mol. The van der Waals surface area contributed by atoms with Gasteiger partial charge in [-0.25, -0.2) is 4.98 Å². The molecule has 140 valence electrons. The molecule has 1 fully saturated rings. The first-order valence-electron chi connectivity index (χ1n) is 9.14. The average molecular weight is 357 g/mol. The predicted octanol–water partition coefficient (Wildman–Crippen LogP) is 1.80. The van der Waals surface area contributed by atoms with Crippen LogP contribution in [0.5, 0.6) is 0 Å². The number of aromatic nitrogens is 2. The summed E-state index contributed by atoms with van der Waals surface area (Å²) in [7, 11) is 0. The molecule has 0 bridgehead atoms. The van der Waals surface area contributed by atoms with Crippen molar-refractivity contribution in [3.63, 3.8) is 0 Å². The van der Waals surface area contributed by atoms with Crippen molar-refractivity contribution in [2.45, 2.75) is 38.3 Å². The number of carbonyl (C=O) groups excluding carboxylic acids is 1. The number of aryl methyl sites for hydroxylation is 2. The van der Waals surface area contributed by atoms with Crippen LogP contribution in [0.1, 0.15) is 24.0 Å². The normalized spacial score (nSPS) is 20.3. The number of hydrogen-bond acceptors (Lipinski definition) is 4. The fourth-order valence-electron chi connectivity index (χ4n) is 3.38. The molecule has 1 amide bonds. The molecule has 1 aliphatic rings. The molecule has 0 saturated carbocycles. The molecule has 0 aliphatic carbocycles. The molecule has 3 rings (SSSR count). The summed E-state index contributed by atoms with van der Waals surface area (Å²) in [5, 5.41) is 9.98. The summed E-state index contributed by atoms with van der Waals surface area (Å²) in [6, 6.07) is 8.23. The van der Waals surface area contributed by atoms with Crippen molar-refractivity contribution in [2.24, 2.45) is 0 Å². The van der Waals surface area contributed by atoms with Crippen LogP contribution in [0.25, 0.3) is 0 Å². The Bertz CT molecular complexity index is 700. The minimum Gasteiger partial charge on any atom is -0.393 e. The molecular formula is C20H27N3O3. The topological polar surface area (TPSA) is 67.6 Å². The largest absolute Gasteiger partial charge is 0.393 e. The fourth-order valence-corrected chi connectivity index (χ4v) is 3.38. The van der Waals surface area contributed by atoms with E-state index in [0.29, 0.717) is 32.5 Å². The number of aliphatic hydroxyl groups is 1. The summed E-state index contributed by atoms with van der Waals surface area (Å²) in [5.74, 6) is 0.121. The lowest BCUT2D eigenvalue weighted by Crippen LogP contribution is -2.56. The number of hydrogen-bond donors (Lipinski definition) is 1. The quantitative estimate of drug-likeness (QED) is 0.821. The van der Waals surface area contributed by atoms with Gasteiger partial charge in [-0.15, -0.1) is 0 Å². The zero-order chi connectivity index (χ0) is 18.4. The SMILES string of the molecule is Cc1ccc(C[C@]2(CO)CN(C(=O)CCCn3ccnc3)CCO2)cc1. The maximum atomic E-state index is 12.6. The van der Waals surface area contributed by atoms with E-state index in [9.17, 15) is 9.90 Å². The van der Waals surface area contributed by atoms with Gasteiger partial charge in [-0.3, -0.25) is 4.79 Å². The first kappa shape index (κ1) is 18.6. The maximum absolute atomic E-state index is 12.6. The number of rotatable bonds is 7. The van der Waals surface area contributed by atoms with Gasteiger partial charge in [0.25, 0.3) is 0 Å². The average Bonchev–Trinajstić information content (AvgIpc) is 3.17. The highest BCUT2D eigenvalue weighted by atomic mass is 16.5. The molecule has 1 N–H and O–H groups in total. The number of nitrogens with zero attached hydrogens (tertiary/aromatic N) is 3. The third kappa shape index (κ3) is 4.71. The minimum atomic E-state index is -0.715. The monoisotopic (exact) mass is 357 g/mol. The van der Waals surface area contributed by atoms with Gasteiger partial charge in [-0.05, 0) is 18.9 Å². The Morgan fingerprint density at radius 2 is 2.15 bits per heavy atom. The lowest BCUT2D eigenvalue weighted by molar-refractivity contribution is -0.158. The Morgan fingerprint density at radius 3 is 2.85 bits per heavy atom. The summed E-state index contributed by atoms with van der Waals surface area (Å²) in [4.78, 5) is 18.4. The number of amides is 1. The highest BCUT2D eigenvalue weighted by molar-refractivity contribution is 5.76. The van der Waals surface area contributed by atoms with Crippen LogP contribution in [0.15, 0.2) is 43.0 Å². The van der Waals surface area contributed by atoms with Crippen molar-refractivity contribution in [3.8, 4) is 0 Å². The van der Waals surface area contributed by atoms with Gasteiger partial charge in [-0.1, -0.05) is 29.8 Å². The van der Waals surface area contributed by atoms with E-state index in [4.69, 9.17) is 4.74 Å². The van der Waals surface area contributed by atoms with E-state index in [2.05, 4.69) is 29.2 Å². The number of imidazole rings is 1. The first-order valence-corrected chi connectivity index (χ1v) is 9.14. The Kier molecular flexibility index (Phi) is 6.06. The van der Waals surface area contributed by atoms with Gasteiger partial charge < -0.3 is 19.3 Å². The van der Waals surface area contributed by atoms with Crippen LogP contribution in [0.2, 0.25) is 0 Å². The Balaban J connectivity index is 1.57. The van der Waals surface area contributed by atoms with E-state index in [-0.39, 0.29) is 12.5 Å². The van der Waals surface area contributed by atoms with Crippen molar-refractivity contribution in [3.05, 3.63) is 54.1 Å². The van der Waals surface area contributed by atoms with Gasteiger partial charge in [0.2, 0.25) is 5.91 Å². The van der Waals surface area contributed by atoms with E-state index in [1.807, 2.05) is 22.6 Å². The van der Waals surface area contributed by atoms with Crippen LogP contribution in [0.4, 0.5) is 0 Å². The summed E-state index contributed by atoms with van der Waals surface area (Å²) in [6.07, 6.45) is 7.27. The highest BCUT2D eigenvalue weighted by Gasteiger charge is 2.37. The molecule has 1 saturated heterocycles. The first-order chi connectivity index (χ1) is 12.6. The van der Waals surface area contributed by atoms with Crippen LogP contribution in [-0.2, 0) is 22.5 Å². The molecule has 1 atom stereocenters. The lowest BCUT2D eigenvalue weighted by atomic mass is 9.92. The molecule has 6 nitrogen and oxygen atoms in total. The highest BCUT2D eigenvalue weighted by Crippen LogP contribution is 2.24. The van der Waals surface area contributed by atoms with E-state index >= 15 is 0 Å². The Labute approximate surface area is 154 Å². The van der Waals surface area contributed by atoms with Crippen LogP contribution in [-0.4, -0.2) is 57.4 Å². The van der Waals surface area contributed by atoms with Crippen molar-refractivity contribution >= 4 is 5.91 Å². The van der Waals surface area contributed by atoms with Crippen molar-refractivity contribution in [2.75, 3.05) is 26.3 Å². The van der Waals surface area contributed by atoms with Gasteiger partial charge in [0.15, 0.2) is 0 Å². The number of morpholine rings is 1. The van der Waals surface area contributed by atoms with E-state index < -0.39 is 5.60 Å². The summed E-state index contributed by atoms with van der Waals surface area (Å²) >= 11 is 0. The third-order valence-corrected chi connectivity index (χ3v) is 4.90. The minimum absolute atomic E-state index is 0.0975. The lowest BCUT2D eigenvalue weighted by Gasteiger charge is -2.42.